The monoisotopic (exact) mass is 204 g/mol. The minimum atomic E-state index is 0.344. The van der Waals surface area contributed by atoms with Crippen molar-refractivity contribution in [2.24, 2.45) is 16.7 Å². The first kappa shape index (κ1) is 11.0. The second-order valence-corrected chi connectivity index (χ2v) is 6.43. The molecule has 0 amide bonds. The molecule has 2 aliphatic carbocycles. The summed E-state index contributed by atoms with van der Waals surface area (Å²) < 4.78 is 0. The van der Waals surface area contributed by atoms with Crippen molar-refractivity contribution in [3.63, 3.8) is 0 Å². The van der Waals surface area contributed by atoms with E-state index in [9.17, 15) is 0 Å². The van der Waals surface area contributed by atoms with E-state index in [1.807, 2.05) is 0 Å². The van der Waals surface area contributed by atoms with Crippen LogP contribution in [0.5, 0.6) is 0 Å². The lowest BCUT2D eigenvalue weighted by molar-refractivity contribution is 0.0135. The van der Waals surface area contributed by atoms with Crippen molar-refractivity contribution in [2.75, 3.05) is 0 Å². The first-order valence-corrected chi connectivity index (χ1v) is 6.25. The van der Waals surface area contributed by atoms with Crippen LogP contribution in [0.3, 0.4) is 0 Å². The van der Waals surface area contributed by atoms with Crippen LogP contribution < -0.4 is 0 Å². The molecule has 0 saturated heterocycles. The Morgan fingerprint density at radius 2 is 1.80 bits per heavy atom. The fourth-order valence-electron chi connectivity index (χ4n) is 4.07. The van der Waals surface area contributed by atoms with Gasteiger partial charge in [-0.15, -0.1) is 0 Å². The Kier molecular flexibility index (Phi) is 2.37. The first-order valence-electron chi connectivity index (χ1n) is 6.25. The van der Waals surface area contributed by atoms with Crippen LogP contribution in [-0.4, -0.2) is 0 Å². The Morgan fingerprint density at radius 1 is 1.13 bits per heavy atom. The molecular weight excluding hydrogens is 180 g/mol. The van der Waals surface area contributed by atoms with E-state index in [2.05, 4.69) is 33.9 Å². The molecule has 0 heteroatoms. The second kappa shape index (κ2) is 3.23. The summed E-state index contributed by atoms with van der Waals surface area (Å²) in [6.45, 7) is 15.8. The Hall–Kier alpha value is -0.520. The minimum Gasteiger partial charge on any atom is -0.0956 e. The summed E-state index contributed by atoms with van der Waals surface area (Å²) in [7, 11) is 0. The quantitative estimate of drug-likeness (QED) is 0.535. The third-order valence-corrected chi connectivity index (χ3v) is 5.08. The van der Waals surface area contributed by atoms with Crippen LogP contribution in [0.2, 0.25) is 0 Å². The molecule has 0 heterocycles. The Labute approximate surface area is 94.5 Å². The summed E-state index contributed by atoms with van der Waals surface area (Å²) in [6, 6.07) is 0. The molecule has 84 valence electrons. The van der Waals surface area contributed by atoms with E-state index in [4.69, 9.17) is 0 Å². The molecule has 2 fully saturated rings. The van der Waals surface area contributed by atoms with E-state index in [1.165, 1.54) is 43.3 Å². The van der Waals surface area contributed by atoms with Gasteiger partial charge in [-0.05, 0) is 48.0 Å². The third kappa shape index (κ3) is 1.49. The van der Waals surface area contributed by atoms with E-state index in [0.717, 1.165) is 5.92 Å². The topological polar surface area (TPSA) is 0 Å². The summed E-state index contributed by atoms with van der Waals surface area (Å²) in [5, 5.41) is 0. The van der Waals surface area contributed by atoms with Gasteiger partial charge in [0, 0.05) is 0 Å². The van der Waals surface area contributed by atoms with Crippen LogP contribution in [0, 0.1) is 16.7 Å². The molecule has 0 spiro atoms. The number of fused-ring (bicyclic) bond motifs is 1. The molecule has 0 nitrogen and oxygen atoms in total. The molecule has 0 aromatic rings. The standard InChI is InChI=1S/C15H24/c1-11-7-8-13-14(3,4)9-6-10-15(13,5)12(11)2/h13H,1-2,6-10H2,3-5H3/t13-,15+/m0/s1. The molecule has 0 aromatic heterocycles. The zero-order chi connectivity index (χ0) is 11.3. The van der Waals surface area contributed by atoms with E-state index in [0.29, 0.717) is 10.8 Å². The van der Waals surface area contributed by atoms with Crippen molar-refractivity contribution in [1.29, 1.82) is 0 Å². The van der Waals surface area contributed by atoms with Crippen LogP contribution in [0.25, 0.3) is 0 Å². The lowest BCUT2D eigenvalue weighted by Crippen LogP contribution is -2.45. The van der Waals surface area contributed by atoms with Crippen molar-refractivity contribution >= 4 is 0 Å². The van der Waals surface area contributed by atoms with Gasteiger partial charge in [-0.3, -0.25) is 0 Å². The van der Waals surface area contributed by atoms with Gasteiger partial charge in [-0.25, -0.2) is 0 Å². The molecule has 15 heavy (non-hydrogen) atoms. The van der Waals surface area contributed by atoms with Crippen molar-refractivity contribution in [3.05, 3.63) is 24.3 Å². The second-order valence-electron chi connectivity index (χ2n) is 6.43. The smallest absolute Gasteiger partial charge is 0.00452 e. The van der Waals surface area contributed by atoms with E-state index in [-0.39, 0.29) is 0 Å². The van der Waals surface area contributed by atoms with E-state index in [1.54, 1.807) is 0 Å². The summed E-state index contributed by atoms with van der Waals surface area (Å²) in [4.78, 5) is 0. The average molecular weight is 204 g/mol. The van der Waals surface area contributed by atoms with Crippen molar-refractivity contribution < 1.29 is 0 Å². The largest absolute Gasteiger partial charge is 0.0956 e. The normalized spacial score (nSPS) is 40.1. The molecule has 2 atom stereocenters. The van der Waals surface area contributed by atoms with Crippen molar-refractivity contribution in [1.82, 2.24) is 0 Å². The van der Waals surface area contributed by atoms with Gasteiger partial charge in [0.1, 0.15) is 0 Å². The van der Waals surface area contributed by atoms with Gasteiger partial charge in [-0.1, -0.05) is 45.9 Å². The van der Waals surface area contributed by atoms with Gasteiger partial charge >= 0.3 is 0 Å². The van der Waals surface area contributed by atoms with Crippen LogP contribution in [-0.2, 0) is 0 Å². The maximum Gasteiger partial charge on any atom is -0.00452 e. The summed E-state index contributed by atoms with van der Waals surface area (Å²) in [5.74, 6) is 0.816. The fraction of sp³-hybridized carbons (Fsp3) is 0.733. The number of allylic oxidation sites excluding steroid dienone is 2. The average Bonchev–Trinajstić information content (AvgIpc) is 2.12. The molecule has 0 radical (unpaired) electrons. The highest BCUT2D eigenvalue weighted by Gasteiger charge is 2.49. The maximum atomic E-state index is 4.32. The zero-order valence-corrected chi connectivity index (χ0v) is 10.5. The number of hydrogen-bond acceptors (Lipinski definition) is 0. The predicted molar refractivity (Wildman–Crippen MR) is 66.7 cm³/mol. The third-order valence-electron chi connectivity index (χ3n) is 5.08. The van der Waals surface area contributed by atoms with Crippen LogP contribution in [0.1, 0.15) is 52.9 Å². The Bertz CT molecular complexity index is 308. The summed E-state index contributed by atoms with van der Waals surface area (Å²) in [5.41, 5.74) is 3.51. The van der Waals surface area contributed by atoms with Gasteiger partial charge in [0.05, 0.1) is 0 Å². The minimum absolute atomic E-state index is 0.344. The Morgan fingerprint density at radius 3 is 2.47 bits per heavy atom. The highest BCUT2D eigenvalue weighted by atomic mass is 14.5. The molecule has 2 aliphatic rings. The molecule has 0 unspecified atom stereocenters. The maximum absolute atomic E-state index is 4.32. The predicted octanol–water partition coefficient (Wildman–Crippen LogP) is 4.73. The van der Waals surface area contributed by atoms with Gasteiger partial charge in [0.15, 0.2) is 0 Å². The molecule has 0 aliphatic heterocycles. The summed E-state index contributed by atoms with van der Waals surface area (Å²) in [6.07, 6.45) is 6.54. The highest BCUT2D eigenvalue weighted by Crippen LogP contribution is 2.60. The van der Waals surface area contributed by atoms with Gasteiger partial charge in [0.2, 0.25) is 0 Å². The van der Waals surface area contributed by atoms with Crippen LogP contribution >= 0.6 is 0 Å². The molecule has 0 aromatic carbocycles. The van der Waals surface area contributed by atoms with Gasteiger partial charge in [-0.2, -0.15) is 0 Å². The lowest BCUT2D eigenvalue weighted by atomic mass is 9.50. The first-order chi connectivity index (χ1) is 6.88. The van der Waals surface area contributed by atoms with E-state index < -0.39 is 0 Å². The van der Waals surface area contributed by atoms with Crippen molar-refractivity contribution in [2.45, 2.75) is 52.9 Å². The highest BCUT2D eigenvalue weighted by molar-refractivity contribution is 5.36. The Balaban J connectivity index is 2.38. The van der Waals surface area contributed by atoms with E-state index >= 15 is 0 Å². The number of hydrogen-bond donors (Lipinski definition) is 0. The van der Waals surface area contributed by atoms with Gasteiger partial charge in [0.25, 0.3) is 0 Å². The van der Waals surface area contributed by atoms with Crippen molar-refractivity contribution in [3.8, 4) is 0 Å². The molecule has 0 bridgehead atoms. The SMILES string of the molecule is C=C1CC[C@H]2C(C)(C)CCC[C@]2(C)C1=C. The molecule has 2 saturated carbocycles. The molecular formula is C15H24. The lowest BCUT2D eigenvalue weighted by Gasteiger charge is -2.55. The number of rotatable bonds is 0. The summed E-state index contributed by atoms with van der Waals surface area (Å²) >= 11 is 0. The van der Waals surface area contributed by atoms with Gasteiger partial charge < -0.3 is 0 Å². The fourth-order valence-corrected chi connectivity index (χ4v) is 4.07. The zero-order valence-electron chi connectivity index (χ0n) is 10.5. The molecule has 2 rings (SSSR count). The molecule has 0 N–H and O–H groups in total. The van der Waals surface area contributed by atoms with Crippen LogP contribution in [0.15, 0.2) is 24.3 Å². The van der Waals surface area contributed by atoms with Crippen LogP contribution in [0.4, 0.5) is 0 Å².